The Hall–Kier alpha value is -1.32. The first kappa shape index (κ1) is 17.0. The summed E-state index contributed by atoms with van der Waals surface area (Å²) in [6, 6.07) is 12.7. The monoisotopic (exact) mass is 298 g/mol. The molecule has 0 N–H and O–H groups in total. The SMILES string of the molecule is CC.Cc1cccc2c(B3OC(C)(C)C(C)(C)O3)cccc12. The van der Waals surface area contributed by atoms with Gasteiger partial charge in [0.1, 0.15) is 0 Å². The molecule has 2 nitrogen and oxygen atoms in total. The molecule has 0 radical (unpaired) electrons. The Labute approximate surface area is 135 Å². The van der Waals surface area contributed by atoms with Crippen LogP contribution < -0.4 is 5.46 Å². The maximum Gasteiger partial charge on any atom is 0.495 e. The Morgan fingerprint density at radius 3 is 1.86 bits per heavy atom. The normalized spacial score (nSPS) is 19.0. The van der Waals surface area contributed by atoms with E-state index in [9.17, 15) is 0 Å². The highest BCUT2D eigenvalue weighted by Gasteiger charge is 2.52. The van der Waals surface area contributed by atoms with E-state index in [4.69, 9.17) is 9.31 Å². The summed E-state index contributed by atoms with van der Waals surface area (Å²) in [7, 11) is -0.300. The molecule has 1 aliphatic rings. The molecule has 3 heteroatoms. The van der Waals surface area contributed by atoms with Gasteiger partial charge in [-0.05, 0) is 56.4 Å². The van der Waals surface area contributed by atoms with Crippen LogP contribution in [0.2, 0.25) is 0 Å². The van der Waals surface area contributed by atoms with Gasteiger partial charge >= 0.3 is 7.12 Å². The molecule has 2 aromatic carbocycles. The fourth-order valence-corrected chi connectivity index (χ4v) is 2.67. The van der Waals surface area contributed by atoms with Crippen LogP contribution in [0, 0.1) is 6.92 Å². The van der Waals surface area contributed by atoms with Gasteiger partial charge in [0.15, 0.2) is 0 Å². The van der Waals surface area contributed by atoms with Gasteiger partial charge in [-0.15, -0.1) is 0 Å². The molecule has 22 heavy (non-hydrogen) atoms. The quantitative estimate of drug-likeness (QED) is 0.723. The van der Waals surface area contributed by atoms with E-state index in [-0.39, 0.29) is 18.3 Å². The Bertz CT molecular complexity index is 646. The van der Waals surface area contributed by atoms with Crippen LogP contribution in [0.1, 0.15) is 47.1 Å². The van der Waals surface area contributed by atoms with Crippen molar-refractivity contribution in [3.05, 3.63) is 42.0 Å². The lowest BCUT2D eigenvalue weighted by Crippen LogP contribution is -2.41. The van der Waals surface area contributed by atoms with E-state index in [1.165, 1.54) is 16.3 Å². The molecule has 0 aromatic heterocycles. The molecule has 1 aliphatic heterocycles. The predicted molar refractivity (Wildman–Crippen MR) is 95.7 cm³/mol. The largest absolute Gasteiger partial charge is 0.495 e. The molecule has 0 amide bonds. The van der Waals surface area contributed by atoms with Crippen LogP contribution in [0.3, 0.4) is 0 Å². The molecule has 0 aliphatic carbocycles. The summed E-state index contributed by atoms with van der Waals surface area (Å²) in [5.41, 5.74) is 1.79. The average molecular weight is 298 g/mol. The molecule has 0 saturated carbocycles. The molecule has 1 fully saturated rings. The number of fused-ring (bicyclic) bond motifs is 1. The highest BCUT2D eigenvalue weighted by molar-refractivity contribution is 6.65. The van der Waals surface area contributed by atoms with E-state index < -0.39 is 0 Å². The van der Waals surface area contributed by atoms with Gasteiger partial charge in [0.25, 0.3) is 0 Å². The zero-order chi connectivity index (χ0) is 16.5. The Morgan fingerprint density at radius 1 is 0.773 bits per heavy atom. The third kappa shape index (κ3) is 2.80. The summed E-state index contributed by atoms with van der Waals surface area (Å²) in [5.74, 6) is 0. The Morgan fingerprint density at radius 2 is 1.27 bits per heavy atom. The number of aryl methyl sites for hydroxylation is 1. The summed E-state index contributed by atoms with van der Waals surface area (Å²) in [6.07, 6.45) is 0. The molecule has 3 rings (SSSR count). The highest BCUT2D eigenvalue weighted by Crippen LogP contribution is 2.37. The highest BCUT2D eigenvalue weighted by atomic mass is 16.7. The minimum absolute atomic E-state index is 0.300. The smallest absolute Gasteiger partial charge is 0.399 e. The molecule has 2 aromatic rings. The van der Waals surface area contributed by atoms with Gasteiger partial charge in [-0.25, -0.2) is 0 Å². The molecule has 1 saturated heterocycles. The summed E-state index contributed by atoms with van der Waals surface area (Å²) in [5, 5.41) is 2.48. The molecular weight excluding hydrogens is 271 g/mol. The summed E-state index contributed by atoms with van der Waals surface area (Å²) in [4.78, 5) is 0. The van der Waals surface area contributed by atoms with Crippen molar-refractivity contribution in [3.8, 4) is 0 Å². The number of rotatable bonds is 1. The maximum atomic E-state index is 6.18. The number of benzene rings is 2. The van der Waals surface area contributed by atoms with Crippen molar-refractivity contribution in [1.82, 2.24) is 0 Å². The minimum Gasteiger partial charge on any atom is -0.399 e. The second-order valence-electron chi connectivity index (χ2n) is 6.61. The lowest BCUT2D eigenvalue weighted by Gasteiger charge is -2.32. The number of hydrogen-bond acceptors (Lipinski definition) is 2. The van der Waals surface area contributed by atoms with Crippen molar-refractivity contribution in [1.29, 1.82) is 0 Å². The van der Waals surface area contributed by atoms with E-state index in [0.29, 0.717) is 0 Å². The second-order valence-corrected chi connectivity index (χ2v) is 6.61. The van der Waals surface area contributed by atoms with Gasteiger partial charge in [0, 0.05) is 0 Å². The van der Waals surface area contributed by atoms with Crippen molar-refractivity contribution >= 4 is 23.4 Å². The van der Waals surface area contributed by atoms with Crippen LogP contribution in [0.15, 0.2) is 36.4 Å². The van der Waals surface area contributed by atoms with Gasteiger partial charge in [0.2, 0.25) is 0 Å². The van der Waals surface area contributed by atoms with Crippen LogP contribution in [0.4, 0.5) is 0 Å². The third-order valence-corrected chi connectivity index (χ3v) is 4.68. The molecule has 0 bridgehead atoms. The first-order valence-corrected chi connectivity index (χ1v) is 8.16. The van der Waals surface area contributed by atoms with Crippen LogP contribution in [-0.4, -0.2) is 18.3 Å². The summed E-state index contributed by atoms with van der Waals surface area (Å²) in [6.45, 7) is 14.5. The third-order valence-electron chi connectivity index (χ3n) is 4.68. The first-order valence-electron chi connectivity index (χ1n) is 8.16. The summed E-state index contributed by atoms with van der Waals surface area (Å²) < 4.78 is 12.4. The Balaban J connectivity index is 0.000000847. The van der Waals surface area contributed by atoms with Gasteiger partial charge in [-0.2, -0.15) is 0 Å². The van der Waals surface area contributed by atoms with Crippen molar-refractivity contribution in [3.63, 3.8) is 0 Å². The van der Waals surface area contributed by atoms with Crippen molar-refractivity contribution in [2.75, 3.05) is 0 Å². The van der Waals surface area contributed by atoms with Crippen molar-refractivity contribution in [2.24, 2.45) is 0 Å². The van der Waals surface area contributed by atoms with Gasteiger partial charge in [-0.1, -0.05) is 50.2 Å². The van der Waals surface area contributed by atoms with E-state index in [1.807, 2.05) is 13.8 Å². The van der Waals surface area contributed by atoms with Crippen LogP contribution >= 0.6 is 0 Å². The first-order chi connectivity index (χ1) is 10.3. The lowest BCUT2D eigenvalue weighted by atomic mass is 9.76. The fraction of sp³-hybridized carbons (Fsp3) is 0.474. The number of hydrogen-bond donors (Lipinski definition) is 0. The zero-order valence-electron chi connectivity index (χ0n) is 14.9. The molecule has 0 atom stereocenters. The standard InChI is InChI=1S/C17H21BO2.C2H6/c1-12-8-6-10-14-13(12)9-7-11-15(14)18-19-16(2,3)17(4,5)20-18;1-2/h6-11H,1-5H3;1-2H3. The predicted octanol–water partition coefficient (Wildman–Crippen LogP) is 4.47. The average Bonchev–Trinajstić information content (AvgIpc) is 2.69. The summed E-state index contributed by atoms with van der Waals surface area (Å²) >= 11 is 0. The van der Waals surface area contributed by atoms with E-state index in [0.717, 1.165) is 5.46 Å². The second kappa shape index (κ2) is 6.06. The van der Waals surface area contributed by atoms with Gasteiger partial charge in [-0.3, -0.25) is 0 Å². The minimum atomic E-state index is -0.302. The molecule has 1 heterocycles. The topological polar surface area (TPSA) is 18.5 Å². The van der Waals surface area contributed by atoms with E-state index in [2.05, 4.69) is 71.0 Å². The Kier molecular flexibility index (Phi) is 4.69. The fourth-order valence-electron chi connectivity index (χ4n) is 2.67. The zero-order valence-corrected chi connectivity index (χ0v) is 14.9. The van der Waals surface area contributed by atoms with Gasteiger partial charge < -0.3 is 9.31 Å². The lowest BCUT2D eigenvalue weighted by molar-refractivity contribution is 0.00578. The van der Waals surface area contributed by atoms with E-state index >= 15 is 0 Å². The van der Waals surface area contributed by atoms with Crippen molar-refractivity contribution < 1.29 is 9.31 Å². The molecular formula is C19H27BO2. The van der Waals surface area contributed by atoms with Crippen molar-refractivity contribution in [2.45, 2.75) is 59.7 Å². The van der Waals surface area contributed by atoms with Crippen LogP contribution in [0.5, 0.6) is 0 Å². The molecule has 0 unspecified atom stereocenters. The maximum absolute atomic E-state index is 6.18. The van der Waals surface area contributed by atoms with Gasteiger partial charge in [0.05, 0.1) is 11.2 Å². The molecule has 118 valence electrons. The van der Waals surface area contributed by atoms with Crippen LogP contribution in [-0.2, 0) is 9.31 Å². The van der Waals surface area contributed by atoms with Crippen LogP contribution in [0.25, 0.3) is 10.8 Å². The van der Waals surface area contributed by atoms with E-state index in [1.54, 1.807) is 0 Å². The molecule has 0 spiro atoms.